The highest BCUT2D eigenvalue weighted by molar-refractivity contribution is 7.92. The van der Waals surface area contributed by atoms with Gasteiger partial charge in [-0.15, -0.1) is 0 Å². The number of nitrogens with zero attached hydrogens (tertiary/aromatic N) is 1. The number of aromatic nitrogens is 1. The van der Waals surface area contributed by atoms with E-state index in [4.69, 9.17) is 4.74 Å². The van der Waals surface area contributed by atoms with E-state index in [1.165, 1.54) is 19.5 Å². The molecule has 100 valence electrons. The first-order chi connectivity index (χ1) is 8.54. The molecule has 2 atom stereocenters. The third-order valence-electron chi connectivity index (χ3n) is 3.29. The molecule has 5 nitrogen and oxygen atoms in total. The van der Waals surface area contributed by atoms with Gasteiger partial charge in [0.25, 0.3) is 0 Å². The maximum absolute atomic E-state index is 11.9. The quantitative estimate of drug-likeness (QED) is 0.890. The molecule has 2 unspecified atom stereocenters. The standard InChI is InChI=1S/C12H17NO4S/c1-17-10-6-9(7-13-8-10)12(14)11-4-2-3-5-18(11,15)16/h6-8,11-12,14H,2-5H2,1H3. The lowest BCUT2D eigenvalue weighted by molar-refractivity contribution is 0.163. The summed E-state index contributed by atoms with van der Waals surface area (Å²) in [6, 6.07) is 1.63. The van der Waals surface area contributed by atoms with Crippen molar-refractivity contribution in [2.75, 3.05) is 12.9 Å². The summed E-state index contributed by atoms with van der Waals surface area (Å²) in [5.74, 6) is 0.673. The van der Waals surface area contributed by atoms with Crippen LogP contribution in [0.15, 0.2) is 18.5 Å². The third-order valence-corrected chi connectivity index (χ3v) is 5.57. The molecule has 0 radical (unpaired) electrons. The molecule has 0 bridgehead atoms. The SMILES string of the molecule is COc1cncc(C(O)C2CCCCS2(=O)=O)c1. The average molecular weight is 271 g/mol. The Bertz CT molecular complexity index is 515. The average Bonchev–Trinajstić information content (AvgIpc) is 2.37. The second kappa shape index (κ2) is 5.24. The molecule has 0 spiro atoms. The van der Waals surface area contributed by atoms with E-state index in [1.54, 1.807) is 6.07 Å². The molecule has 6 heteroatoms. The Morgan fingerprint density at radius 1 is 1.44 bits per heavy atom. The Labute approximate surface area is 107 Å². The summed E-state index contributed by atoms with van der Waals surface area (Å²) >= 11 is 0. The van der Waals surface area contributed by atoms with E-state index in [2.05, 4.69) is 4.98 Å². The summed E-state index contributed by atoms with van der Waals surface area (Å²) in [5.41, 5.74) is 0.491. The van der Waals surface area contributed by atoms with Crippen molar-refractivity contribution >= 4 is 9.84 Å². The van der Waals surface area contributed by atoms with E-state index in [0.29, 0.717) is 24.2 Å². The highest BCUT2D eigenvalue weighted by Gasteiger charge is 2.35. The van der Waals surface area contributed by atoms with Gasteiger partial charge in [-0.3, -0.25) is 4.98 Å². The molecule has 0 saturated carbocycles. The van der Waals surface area contributed by atoms with Gasteiger partial charge in [0.15, 0.2) is 9.84 Å². The Balaban J connectivity index is 2.26. The topological polar surface area (TPSA) is 76.5 Å². The largest absolute Gasteiger partial charge is 0.495 e. The summed E-state index contributed by atoms with van der Waals surface area (Å²) in [4.78, 5) is 3.94. The Morgan fingerprint density at radius 3 is 2.89 bits per heavy atom. The fourth-order valence-electron chi connectivity index (χ4n) is 2.26. The van der Waals surface area contributed by atoms with Crippen LogP contribution in [0.2, 0.25) is 0 Å². The molecule has 2 heterocycles. The molecular weight excluding hydrogens is 254 g/mol. The maximum atomic E-state index is 11.9. The monoisotopic (exact) mass is 271 g/mol. The molecule has 1 fully saturated rings. The Hall–Kier alpha value is -1.14. The van der Waals surface area contributed by atoms with Crippen molar-refractivity contribution in [1.82, 2.24) is 4.98 Å². The zero-order valence-electron chi connectivity index (χ0n) is 10.2. The van der Waals surface area contributed by atoms with Gasteiger partial charge in [-0.25, -0.2) is 8.42 Å². The molecule has 1 aliphatic heterocycles. The van der Waals surface area contributed by atoms with Gasteiger partial charge in [-0.1, -0.05) is 6.42 Å². The van der Waals surface area contributed by atoms with Gasteiger partial charge in [-0.2, -0.15) is 0 Å². The van der Waals surface area contributed by atoms with Crippen molar-refractivity contribution < 1.29 is 18.3 Å². The normalized spacial score (nSPS) is 24.4. The lowest BCUT2D eigenvalue weighted by atomic mass is 10.0. The molecule has 1 aliphatic rings. The van der Waals surface area contributed by atoms with E-state index < -0.39 is 21.2 Å². The van der Waals surface area contributed by atoms with Crippen molar-refractivity contribution in [2.45, 2.75) is 30.6 Å². The number of rotatable bonds is 3. The van der Waals surface area contributed by atoms with Gasteiger partial charge < -0.3 is 9.84 Å². The van der Waals surface area contributed by atoms with Crippen LogP contribution in [0, 0.1) is 0 Å². The predicted molar refractivity (Wildman–Crippen MR) is 67.2 cm³/mol. The smallest absolute Gasteiger partial charge is 0.156 e. The molecule has 0 aromatic carbocycles. The fraction of sp³-hybridized carbons (Fsp3) is 0.583. The van der Waals surface area contributed by atoms with Crippen LogP contribution in [-0.4, -0.2) is 36.6 Å². The lowest BCUT2D eigenvalue weighted by Crippen LogP contribution is -2.33. The summed E-state index contributed by atoms with van der Waals surface area (Å²) in [7, 11) is -1.70. The molecule has 1 aromatic rings. The number of pyridine rings is 1. The molecule has 2 rings (SSSR count). The summed E-state index contributed by atoms with van der Waals surface area (Å²) in [6.07, 6.45) is 3.99. The minimum atomic E-state index is -3.21. The van der Waals surface area contributed by atoms with Crippen molar-refractivity contribution in [1.29, 1.82) is 0 Å². The van der Waals surface area contributed by atoms with Crippen LogP contribution in [-0.2, 0) is 9.84 Å². The number of aliphatic hydroxyl groups excluding tert-OH is 1. The van der Waals surface area contributed by atoms with Crippen LogP contribution in [0.4, 0.5) is 0 Å². The molecule has 18 heavy (non-hydrogen) atoms. The Kier molecular flexibility index (Phi) is 3.87. The minimum absolute atomic E-state index is 0.159. The summed E-state index contributed by atoms with van der Waals surface area (Å²) < 4.78 is 28.9. The van der Waals surface area contributed by atoms with Gasteiger partial charge in [0.1, 0.15) is 5.75 Å². The first kappa shape index (κ1) is 13.3. The van der Waals surface area contributed by atoms with Crippen molar-refractivity contribution in [3.63, 3.8) is 0 Å². The van der Waals surface area contributed by atoms with Crippen LogP contribution >= 0.6 is 0 Å². The van der Waals surface area contributed by atoms with Gasteiger partial charge in [-0.05, 0) is 18.9 Å². The van der Waals surface area contributed by atoms with Crippen molar-refractivity contribution in [3.8, 4) is 5.75 Å². The Morgan fingerprint density at radius 2 is 2.22 bits per heavy atom. The zero-order valence-corrected chi connectivity index (χ0v) is 11.1. The van der Waals surface area contributed by atoms with Gasteiger partial charge in [0, 0.05) is 11.8 Å². The predicted octanol–water partition coefficient (Wildman–Crippen LogP) is 1.09. The minimum Gasteiger partial charge on any atom is -0.495 e. The van der Waals surface area contributed by atoms with Crippen LogP contribution in [0.25, 0.3) is 0 Å². The van der Waals surface area contributed by atoms with Crippen molar-refractivity contribution in [2.24, 2.45) is 0 Å². The summed E-state index contributed by atoms with van der Waals surface area (Å²) in [6.45, 7) is 0. The van der Waals surface area contributed by atoms with Crippen LogP contribution < -0.4 is 4.74 Å². The van der Waals surface area contributed by atoms with Crippen LogP contribution in [0.1, 0.15) is 30.9 Å². The third kappa shape index (κ3) is 2.64. The number of methoxy groups -OCH3 is 1. The van der Waals surface area contributed by atoms with E-state index >= 15 is 0 Å². The lowest BCUT2D eigenvalue weighted by Gasteiger charge is -2.26. The fourth-order valence-corrected chi connectivity index (χ4v) is 4.24. The van der Waals surface area contributed by atoms with E-state index in [1.807, 2.05) is 0 Å². The molecule has 1 N–H and O–H groups in total. The van der Waals surface area contributed by atoms with E-state index in [9.17, 15) is 13.5 Å². The maximum Gasteiger partial charge on any atom is 0.156 e. The highest BCUT2D eigenvalue weighted by atomic mass is 32.2. The van der Waals surface area contributed by atoms with Crippen LogP contribution in [0.5, 0.6) is 5.75 Å². The molecule has 0 aliphatic carbocycles. The van der Waals surface area contributed by atoms with E-state index in [-0.39, 0.29) is 5.75 Å². The molecular formula is C12H17NO4S. The van der Waals surface area contributed by atoms with Gasteiger partial charge >= 0.3 is 0 Å². The first-order valence-electron chi connectivity index (χ1n) is 5.93. The second-order valence-corrected chi connectivity index (χ2v) is 6.84. The number of hydrogen-bond acceptors (Lipinski definition) is 5. The van der Waals surface area contributed by atoms with Crippen LogP contribution in [0.3, 0.4) is 0 Å². The van der Waals surface area contributed by atoms with Crippen molar-refractivity contribution in [3.05, 3.63) is 24.0 Å². The first-order valence-corrected chi connectivity index (χ1v) is 7.65. The number of hydrogen-bond donors (Lipinski definition) is 1. The molecule has 0 amide bonds. The number of sulfone groups is 1. The summed E-state index contributed by atoms with van der Waals surface area (Å²) in [5, 5.41) is 9.50. The molecule has 1 saturated heterocycles. The highest BCUT2D eigenvalue weighted by Crippen LogP contribution is 2.31. The number of ether oxygens (including phenoxy) is 1. The van der Waals surface area contributed by atoms with Gasteiger partial charge in [0.2, 0.25) is 0 Å². The van der Waals surface area contributed by atoms with E-state index in [0.717, 1.165) is 6.42 Å². The zero-order chi connectivity index (χ0) is 13.2. The second-order valence-electron chi connectivity index (χ2n) is 4.50. The number of aliphatic hydroxyl groups is 1. The van der Waals surface area contributed by atoms with Gasteiger partial charge in [0.05, 0.1) is 30.4 Å². The molecule has 1 aromatic heterocycles.